The number of ketones is 1. The summed E-state index contributed by atoms with van der Waals surface area (Å²) in [4.78, 5) is 10.9. The quantitative estimate of drug-likeness (QED) is 0.761. The van der Waals surface area contributed by atoms with Crippen LogP contribution in [-0.2, 0) is 4.79 Å². The summed E-state index contributed by atoms with van der Waals surface area (Å²) >= 11 is 5.65. The molecule has 0 fully saturated rings. The molecule has 13 heavy (non-hydrogen) atoms. The largest absolute Gasteiger partial charge is 0.506 e. The van der Waals surface area contributed by atoms with Gasteiger partial charge in [0.2, 0.25) is 0 Å². The highest BCUT2D eigenvalue weighted by molar-refractivity contribution is 6.32. The maximum Gasteiger partial charge on any atom is 0.150 e. The molecule has 0 aromatic heterocycles. The monoisotopic (exact) mass is 199 g/mol. The Bertz CT molecular complexity index is 338. The molecule has 4 heteroatoms. The molecule has 0 bridgehead atoms. The second-order valence-corrected chi connectivity index (χ2v) is 3.21. The molecule has 0 aliphatic carbocycles. The van der Waals surface area contributed by atoms with Gasteiger partial charge in [-0.25, -0.2) is 0 Å². The number of benzene rings is 1. The number of rotatable bonds is 2. The van der Waals surface area contributed by atoms with Gasteiger partial charge in [-0.05, 0) is 24.6 Å². The fourth-order valence-corrected chi connectivity index (χ4v) is 1.14. The average Bonchev–Trinajstić information content (AvgIpc) is 2.08. The molecule has 0 spiro atoms. The number of hydrogen-bond acceptors (Lipinski definition) is 3. The predicted octanol–water partition coefficient (Wildman–Crippen LogP) is 1.63. The Morgan fingerprint density at radius 3 is 2.69 bits per heavy atom. The molecule has 0 radical (unpaired) electrons. The lowest BCUT2D eigenvalue weighted by Crippen LogP contribution is -2.18. The SMILES string of the molecule is CC(=O)C(N)c1ccc(O)c(Cl)c1. The van der Waals surface area contributed by atoms with Gasteiger partial charge in [-0.15, -0.1) is 0 Å². The van der Waals surface area contributed by atoms with Crippen molar-refractivity contribution in [3.05, 3.63) is 28.8 Å². The van der Waals surface area contributed by atoms with Gasteiger partial charge in [-0.2, -0.15) is 0 Å². The summed E-state index contributed by atoms with van der Waals surface area (Å²) in [5.41, 5.74) is 6.17. The van der Waals surface area contributed by atoms with E-state index in [-0.39, 0.29) is 16.6 Å². The third-order valence-electron chi connectivity index (χ3n) is 1.77. The first-order chi connectivity index (χ1) is 6.02. The van der Waals surface area contributed by atoms with Crippen LogP contribution < -0.4 is 5.73 Å². The van der Waals surface area contributed by atoms with E-state index >= 15 is 0 Å². The number of carbonyl (C=O) groups is 1. The molecule has 0 heterocycles. The number of hydrogen-bond donors (Lipinski definition) is 2. The molecule has 3 nitrogen and oxygen atoms in total. The lowest BCUT2D eigenvalue weighted by molar-refractivity contribution is -0.118. The van der Waals surface area contributed by atoms with E-state index in [9.17, 15) is 4.79 Å². The molecule has 0 aliphatic heterocycles. The van der Waals surface area contributed by atoms with Gasteiger partial charge in [-0.1, -0.05) is 17.7 Å². The molecule has 0 saturated heterocycles. The van der Waals surface area contributed by atoms with Crippen molar-refractivity contribution in [1.29, 1.82) is 0 Å². The van der Waals surface area contributed by atoms with Crippen LogP contribution >= 0.6 is 11.6 Å². The standard InChI is InChI=1S/C9H10ClNO2/c1-5(12)9(11)6-2-3-8(13)7(10)4-6/h2-4,9,13H,11H2,1H3. The molecule has 1 aromatic rings. The number of Topliss-reactive ketones (excluding diaryl/α,β-unsaturated/α-hetero) is 1. The maximum absolute atomic E-state index is 10.9. The van der Waals surface area contributed by atoms with Gasteiger partial charge < -0.3 is 10.8 Å². The number of phenolic OH excluding ortho intramolecular Hbond substituents is 1. The second kappa shape index (κ2) is 3.77. The van der Waals surface area contributed by atoms with E-state index in [1.165, 1.54) is 19.1 Å². The molecule has 0 amide bonds. The minimum absolute atomic E-state index is 0.0128. The third kappa shape index (κ3) is 2.20. The van der Waals surface area contributed by atoms with Crippen LogP contribution in [0.4, 0.5) is 0 Å². The molecular weight excluding hydrogens is 190 g/mol. The zero-order valence-corrected chi connectivity index (χ0v) is 7.88. The molecule has 0 aliphatic rings. The Morgan fingerprint density at radius 1 is 1.62 bits per heavy atom. The van der Waals surface area contributed by atoms with Gasteiger partial charge in [0.15, 0.2) is 5.78 Å². The Hall–Kier alpha value is -1.06. The Kier molecular flexibility index (Phi) is 2.90. The lowest BCUT2D eigenvalue weighted by atomic mass is 10.0. The first-order valence-electron chi connectivity index (χ1n) is 3.77. The van der Waals surface area contributed by atoms with Gasteiger partial charge >= 0.3 is 0 Å². The van der Waals surface area contributed by atoms with Crippen LogP contribution in [0.3, 0.4) is 0 Å². The maximum atomic E-state index is 10.9. The zero-order chi connectivity index (χ0) is 10.0. The van der Waals surface area contributed by atoms with Crippen LogP contribution in [0, 0.1) is 0 Å². The fourth-order valence-electron chi connectivity index (χ4n) is 0.951. The first-order valence-corrected chi connectivity index (χ1v) is 4.14. The summed E-state index contributed by atoms with van der Waals surface area (Å²) < 4.78 is 0. The number of aromatic hydroxyl groups is 1. The van der Waals surface area contributed by atoms with E-state index in [2.05, 4.69) is 0 Å². The highest BCUT2D eigenvalue weighted by Gasteiger charge is 2.12. The van der Waals surface area contributed by atoms with Crippen molar-refractivity contribution in [3.63, 3.8) is 0 Å². The predicted molar refractivity (Wildman–Crippen MR) is 50.7 cm³/mol. The van der Waals surface area contributed by atoms with Gasteiger partial charge in [0.05, 0.1) is 11.1 Å². The molecule has 1 aromatic carbocycles. The molecule has 3 N–H and O–H groups in total. The molecule has 70 valence electrons. The Balaban J connectivity index is 3.03. The van der Waals surface area contributed by atoms with Crippen LogP contribution in [-0.4, -0.2) is 10.9 Å². The molecule has 1 atom stereocenters. The van der Waals surface area contributed by atoms with Gasteiger partial charge in [0, 0.05) is 0 Å². The number of carbonyl (C=O) groups excluding carboxylic acids is 1. The summed E-state index contributed by atoms with van der Waals surface area (Å²) in [6, 6.07) is 3.81. The second-order valence-electron chi connectivity index (χ2n) is 2.80. The first kappa shape index (κ1) is 10.0. The molecule has 1 rings (SSSR count). The van der Waals surface area contributed by atoms with Crippen LogP contribution in [0.15, 0.2) is 18.2 Å². The topological polar surface area (TPSA) is 63.3 Å². The van der Waals surface area contributed by atoms with E-state index in [1.807, 2.05) is 0 Å². The molecule has 0 saturated carbocycles. The van der Waals surface area contributed by atoms with Crippen molar-refractivity contribution in [1.82, 2.24) is 0 Å². The summed E-state index contributed by atoms with van der Waals surface area (Å²) in [5, 5.41) is 9.31. The van der Waals surface area contributed by atoms with Crippen molar-refractivity contribution < 1.29 is 9.90 Å². The minimum atomic E-state index is -0.668. The van der Waals surface area contributed by atoms with E-state index in [0.717, 1.165) is 0 Å². The number of phenols is 1. The van der Waals surface area contributed by atoms with Crippen LogP contribution in [0.1, 0.15) is 18.5 Å². The number of halogens is 1. The summed E-state index contributed by atoms with van der Waals surface area (Å²) in [5.74, 6) is -0.150. The molecular formula is C9H10ClNO2. The van der Waals surface area contributed by atoms with Crippen LogP contribution in [0.5, 0.6) is 5.75 Å². The zero-order valence-electron chi connectivity index (χ0n) is 7.12. The van der Waals surface area contributed by atoms with Crippen molar-refractivity contribution in [2.45, 2.75) is 13.0 Å². The van der Waals surface area contributed by atoms with Crippen molar-refractivity contribution in [3.8, 4) is 5.75 Å². The van der Waals surface area contributed by atoms with E-state index in [1.54, 1.807) is 6.07 Å². The summed E-state index contributed by atoms with van der Waals surface area (Å²) in [6.45, 7) is 1.41. The van der Waals surface area contributed by atoms with Gasteiger partial charge in [0.25, 0.3) is 0 Å². The highest BCUT2D eigenvalue weighted by atomic mass is 35.5. The van der Waals surface area contributed by atoms with Crippen molar-refractivity contribution in [2.24, 2.45) is 5.73 Å². The minimum Gasteiger partial charge on any atom is -0.506 e. The Labute approximate surface area is 81.1 Å². The lowest BCUT2D eigenvalue weighted by Gasteiger charge is -2.08. The molecule has 1 unspecified atom stereocenters. The average molecular weight is 200 g/mol. The van der Waals surface area contributed by atoms with Crippen LogP contribution in [0.2, 0.25) is 5.02 Å². The summed E-state index contributed by atoms with van der Waals surface area (Å²) in [6.07, 6.45) is 0. The summed E-state index contributed by atoms with van der Waals surface area (Å²) in [7, 11) is 0. The smallest absolute Gasteiger partial charge is 0.150 e. The van der Waals surface area contributed by atoms with E-state index in [4.69, 9.17) is 22.4 Å². The third-order valence-corrected chi connectivity index (χ3v) is 2.07. The normalized spacial score (nSPS) is 12.5. The van der Waals surface area contributed by atoms with Crippen LogP contribution in [0.25, 0.3) is 0 Å². The highest BCUT2D eigenvalue weighted by Crippen LogP contribution is 2.25. The number of nitrogens with two attached hydrogens (primary N) is 1. The van der Waals surface area contributed by atoms with E-state index in [0.29, 0.717) is 5.56 Å². The van der Waals surface area contributed by atoms with Gasteiger partial charge in [0.1, 0.15) is 5.75 Å². The Morgan fingerprint density at radius 2 is 2.23 bits per heavy atom. The van der Waals surface area contributed by atoms with Gasteiger partial charge in [-0.3, -0.25) is 4.79 Å². The van der Waals surface area contributed by atoms with E-state index < -0.39 is 6.04 Å². The fraction of sp³-hybridized carbons (Fsp3) is 0.222. The van der Waals surface area contributed by atoms with Crippen molar-refractivity contribution >= 4 is 17.4 Å². The van der Waals surface area contributed by atoms with Crippen molar-refractivity contribution in [2.75, 3.05) is 0 Å².